The van der Waals surface area contributed by atoms with Crippen molar-refractivity contribution in [2.24, 2.45) is 0 Å². The molecule has 0 radical (unpaired) electrons. The Balaban J connectivity index is 1.78. The van der Waals surface area contributed by atoms with Crippen LogP contribution in [0.5, 0.6) is 0 Å². The first kappa shape index (κ1) is 14.5. The highest BCUT2D eigenvalue weighted by atomic mass is 32.1. The number of piperazine rings is 1. The number of nitrogens with zero attached hydrogens (tertiary/aromatic N) is 4. The van der Waals surface area contributed by atoms with E-state index in [1.807, 2.05) is 0 Å². The molecule has 3 N–H and O–H groups in total. The molecule has 6 nitrogen and oxygen atoms in total. The monoisotopic (exact) mass is 306 g/mol. The molecule has 0 saturated carbocycles. The number of aromatic nitrogens is 2. The number of rotatable bonds is 3. The van der Waals surface area contributed by atoms with Gasteiger partial charge in [-0.05, 0) is 27.1 Å². The van der Waals surface area contributed by atoms with E-state index in [4.69, 9.17) is 5.73 Å². The fourth-order valence-corrected chi connectivity index (χ4v) is 3.62. The minimum absolute atomic E-state index is 0.334. The molecule has 21 heavy (non-hydrogen) atoms. The number of hydrogen-bond donors (Lipinski definition) is 2. The summed E-state index contributed by atoms with van der Waals surface area (Å²) in [5, 5.41) is 4.54. The van der Waals surface area contributed by atoms with Crippen LogP contribution in [-0.2, 0) is 0 Å². The number of nitrogen functional groups attached to an aromatic ring is 1. The maximum Gasteiger partial charge on any atom is 0.223 e. The molecule has 3 rings (SSSR count). The van der Waals surface area contributed by atoms with Crippen molar-refractivity contribution >= 4 is 33.3 Å². The summed E-state index contributed by atoms with van der Waals surface area (Å²) in [5.74, 6) is 1.18. The summed E-state index contributed by atoms with van der Waals surface area (Å²) in [6.45, 7) is 6.23. The molecule has 1 aliphatic rings. The first-order valence-corrected chi connectivity index (χ1v) is 8.01. The molecule has 1 atom stereocenters. The van der Waals surface area contributed by atoms with Crippen LogP contribution in [0.3, 0.4) is 0 Å². The normalized spacial score (nSPS) is 21.0. The molecular weight excluding hydrogens is 284 g/mol. The summed E-state index contributed by atoms with van der Waals surface area (Å²) in [4.78, 5) is 15.6. The number of nitrogens with two attached hydrogens (primary N) is 1. The first-order chi connectivity index (χ1) is 10.0. The van der Waals surface area contributed by atoms with E-state index in [1.54, 1.807) is 11.3 Å². The second kappa shape index (κ2) is 5.75. The van der Waals surface area contributed by atoms with Gasteiger partial charge in [-0.1, -0.05) is 0 Å². The molecule has 0 aliphatic carbocycles. The van der Waals surface area contributed by atoms with E-state index in [-0.39, 0.29) is 0 Å². The standard InChI is InChI=1S/C14H22N6S/c1-9-6-11-12(17-14(15)18-13(11)21-9)16-7-10-8-19(2)4-5-20(10)3/h6,10H,4-5,7-8H2,1-3H3,(H3,15,16,17,18). The van der Waals surface area contributed by atoms with Crippen molar-refractivity contribution in [3.05, 3.63) is 10.9 Å². The van der Waals surface area contributed by atoms with E-state index in [0.29, 0.717) is 12.0 Å². The van der Waals surface area contributed by atoms with Crippen LogP contribution < -0.4 is 11.1 Å². The minimum Gasteiger partial charge on any atom is -0.368 e. The van der Waals surface area contributed by atoms with Crippen molar-refractivity contribution in [3.63, 3.8) is 0 Å². The van der Waals surface area contributed by atoms with Gasteiger partial charge in [-0.3, -0.25) is 4.90 Å². The number of likely N-dealkylation sites (N-methyl/N-ethyl adjacent to an activating group) is 2. The Morgan fingerprint density at radius 3 is 3.00 bits per heavy atom. The van der Waals surface area contributed by atoms with Crippen LogP contribution in [0.25, 0.3) is 10.2 Å². The second-order valence-electron chi connectivity index (χ2n) is 5.78. The van der Waals surface area contributed by atoms with E-state index in [9.17, 15) is 0 Å². The Morgan fingerprint density at radius 1 is 1.38 bits per heavy atom. The van der Waals surface area contributed by atoms with Gasteiger partial charge >= 0.3 is 0 Å². The second-order valence-corrected chi connectivity index (χ2v) is 7.02. The van der Waals surface area contributed by atoms with Gasteiger partial charge in [0.1, 0.15) is 10.6 Å². The summed E-state index contributed by atoms with van der Waals surface area (Å²) in [6, 6.07) is 2.60. The highest BCUT2D eigenvalue weighted by Gasteiger charge is 2.22. The van der Waals surface area contributed by atoms with Crippen LogP contribution in [0.15, 0.2) is 6.07 Å². The molecule has 2 aromatic rings. The molecule has 114 valence electrons. The molecule has 2 aromatic heterocycles. The largest absolute Gasteiger partial charge is 0.368 e. The summed E-state index contributed by atoms with van der Waals surface area (Å²) < 4.78 is 0. The molecule has 1 fully saturated rings. The minimum atomic E-state index is 0.334. The van der Waals surface area contributed by atoms with E-state index in [1.165, 1.54) is 4.88 Å². The van der Waals surface area contributed by atoms with Crippen LogP contribution in [0.2, 0.25) is 0 Å². The lowest BCUT2D eigenvalue weighted by Gasteiger charge is -2.37. The van der Waals surface area contributed by atoms with E-state index >= 15 is 0 Å². The van der Waals surface area contributed by atoms with Crippen LogP contribution in [0, 0.1) is 6.92 Å². The first-order valence-electron chi connectivity index (χ1n) is 7.19. The molecule has 1 aliphatic heterocycles. The van der Waals surface area contributed by atoms with Crippen molar-refractivity contribution in [3.8, 4) is 0 Å². The van der Waals surface area contributed by atoms with Crippen molar-refractivity contribution in [2.45, 2.75) is 13.0 Å². The highest BCUT2D eigenvalue weighted by Crippen LogP contribution is 2.29. The maximum atomic E-state index is 5.82. The maximum absolute atomic E-state index is 5.82. The van der Waals surface area contributed by atoms with E-state index in [2.05, 4.69) is 52.2 Å². The number of nitrogens with one attached hydrogen (secondary N) is 1. The number of thiophene rings is 1. The predicted molar refractivity (Wildman–Crippen MR) is 89.0 cm³/mol. The zero-order chi connectivity index (χ0) is 15.0. The van der Waals surface area contributed by atoms with Gasteiger partial charge in [0.2, 0.25) is 5.95 Å². The average molecular weight is 306 g/mol. The lowest BCUT2D eigenvalue weighted by atomic mass is 10.2. The SMILES string of the molecule is Cc1cc2c(NCC3CN(C)CCN3C)nc(N)nc2s1. The third-order valence-corrected chi connectivity index (χ3v) is 4.96. The topological polar surface area (TPSA) is 70.3 Å². The van der Waals surface area contributed by atoms with Gasteiger partial charge in [-0.25, -0.2) is 4.98 Å². The Kier molecular flexibility index (Phi) is 3.97. The third-order valence-electron chi connectivity index (χ3n) is 4.02. The Morgan fingerprint density at radius 2 is 2.19 bits per heavy atom. The number of anilines is 2. The molecule has 1 saturated heterocycles. The highest BCUT2D eigenvalue weighted by molar-refractivity contribution is 7.18. The Bertz CT molecular complexity index is 640. The summed E-state index contributed by atoms with van der Waals surface area (Å²) >= 11 is 1.65. The van der Waals surface area contributed by atoms with Gasteiger partial charge in [0.25, 0.3) is 0 Å². The van der Waals surface area contributed by atoms with E-state index in [0.717, 1.165) is 42.2 Å². The molecule has 1 unspecified atom stereocenters. The van der Waals surface area contributed by atoms with Gasteiger partial charge in [-0.15, -0.1) is 11.3 Å². The van der Waals surface area contributed by atoms with Crippen LogP contribution in [0.1, 0.15) is 4.88 Å². The van der Waals surface area contributed by atoms with Crippen molar-refractivity contribution in [2.75, 3.05) is 51.3 Å². The van der Waals surface area contributed by atoms with Crippen LogP contribution >= 0.6 is 11.3 Å². The summed E-state index contributed by atoms with van der Waals surface area (Å²) in [7, 11) is 4.35. The lowest BCUT2D eigenvalue weighted by molar-refractivity contribution is 0.122. The third kappa shape index (κ3) is 3.09. The zero-order valence-corrected chi connectivity index (χ0v) is 13.6. The lowest BCUT2D eigenvalue weighted by Crippen LogP contribution is -2.52. The van der Waals surface area contributed by atoms with Crippen molar-refractivity contribution < 1.29 is 0 Å². The number of aryl methyl sites for hydroxylation is 1. The van der Waals surface area contributed by atoms with Crippen LogP contribution in [-0.4, -0.2) is 66.1 Å². The summed E-state index contributed by atoms with van der Waals surface area (Å²) in [5.41, 5.74) is 5.82. The Hall–Kier alpha value is -1.44. The number of fused-ring (bicyclic) bond motifs is 1. The van der Waals surface area contributed by atoms with Crippen molar-refractivity contribution in [1.29, 1.82) is 0 Å². The van der Waals surface area contributed by atoms with Gasteiger partial charge in [0, 0.05) is 37.1 Å². The van der Waals surface area contributed by atoms with E-state index < -0.39 is 0 Å². The van der Waals surface area contributed by atoms with Gasteiger partial charge in [0.15, 0.2) is 0 Å². The Labute approximate surface area is 129 Å². The average Bonchev–Trinajstić information content (AvgIpc) is 2.79. The molecule has 0 amide bonds. The molecule has 3 heterocycles. The zero-order valence-electron chi connectivity index (χ0n) is 12.8. The fourth-order valence-electron chi connectivity index (χ4n) is 2.73. The smallest absolute Gasteiger partial charge is 0.223 e. The van der Waals surface area contributed by atoms with Crippen LogP contribution in [0.4, 0.5) is 11.8 Å². The predicted octanol–water partition coefficient (Wildman–Crippen LogP) is 1.24. The van der Waals surface area contributed by atoms with Crippen molar-refractivity contribution in [1.82, 2.24) is 19.8 Å². The van der Waals surface area contributed by atoms with Gasteiger partial charge in [-0.2, -0.15) is 4.98 Å². The fraction of sp³-hybridized carbons (Fsp3) is 0.571. The molecule has 7 heteroatoms. The quantitative estimate of drug-likeness (QED) is 0.889. The molecule has 0 aromatic carbocycles. The summed E-state index contributed by atoms with van der Waals surface area (Å²) in [6.07, 6.45) is 0. The molecule has 0 spiro atoms. The molecule has 0 bridgehead atoms. The van der Waals surface area contributed by atoms with Gasteiger partial charge < -0.3 is 16.0 Å². The van der Waals surface area contributed by atoms with Gasteiger partial charge in [0.05, 0.1) is 5.39 Å². The molecular formula is C14H22N6S. The number of hydrogen-bond acceptors (Lipinski definition) is 7.